The minimum atomic E-state index is -3.25. The van der Waals surface area contributed by atoms with Crippen LogP contribution in [-0.4, -0.2) is 70.3 Å². The van der Waals surface area contributed by atoms with Gasteiger partial charge < -0.3 is 15.4 Å². The van der Waals surface area contributed by atoms with Crippen molar-refractivity contribution in [3.63, 3.8) is 0 Å². The molecule has 2 heterocycles. The van der Waals surface area contributed by atoms with E-state index in [4.69, 9.17) is 4.74 Å². The number of hydrogen-bond donors (Lipinski definition) is 2. The molecule has 2 N–H and O–H groups in total. The molecule has 10 heteroatoms. The Morgan fingerprint density at radius 2 is 1.76 bits per heavy atom. The minimum absolute atomic E-state index is 0.0483. The molecule has 2 amide bonds. The summed E-state index contributed by atoms with van der Waals surface area (Å²) >= 11 is 0. The van der Waals surface area contributed by atoms with Gasteiger partial charge in [-0.25, -0.2) is 8.42 Å². The molecule has 2 saturated heterocycles. The molecule has 0 atom stereocenters. The van der Waals surface area contributed by atoms with Crippen molar-refractivity contribution in [2.75, 3.05) is 54.8 Å². The van der Waals surface area contributed by atoms with Gasteiger partial charge in [-0.05, 0) is 48.4 Å². The van der Waals surface area contributed by atoms with E-state index < -0.39 is 10.0 Å². The molecule has 0 saturated carbocycles. The lowest BCUT2D eigenvalue weighted by molar-refractivity contribution is -0.116. The second-order valence-electron chi connectivity index (χ2n) is 8.42. The molecule has 0 spiro atoms. The third-order valence-electron chi connectivity index (χ3n) is 5.94. The predicted molar refractivity (Wildman–Crippen MR) is 130 cm³/mol. The Labute approximate surface area is 200 Å². The summed E-state index contributed by atoms with van der Waals surface area (Å²) in [6.45, 7) is 4.59. The van der Waals surface area contributed by atoms with Crippen LogP contribution in [0.5, 0.6) is 0 Å². The van der Waals surface area contributed by atoms with Crippen molar-refractivity contribution < 1.29 is 22.7 Å². The maximum absolute atomic E-state index is 12.5. The lowest BCUT2D eigenvalue weighted by Gasteiger charge is -2.26. The number of rotatable bonds is 8. The monoisotopic (exact) mass is 486 g/mol. The molecular formula is C24H30N4O5S. The van der Waals surface area contributed by atoms with Crippen molar-refractivity contribution in [2.24, 2.45) is 0 Å². The largest absolute Gasteiger partial charge is 0.379 e. The van der Waals surface area contributed by atoms with Crippen molar-refractivity contribution >= 4 is 33.2 Å². The van der Waals surface area contributed by atoms with Crippen LogP contribution in [0.2, 0.25) is 0 Å². The van der Waals surface area contributed by atoms with Gasteiger partial charge in [-0.1, -0.05) is 12.1 Å². The number of nitrogens with zero attached hydrogens (tertiary/aromatic N) is 2. The van der Waals surface area contributed by atoms with Crippen LogP contribution >= 0.6 is 0 Å². The van der Waals surface area contributed by atoms with Crippen LogP contribution in [-0.2, 0) is 26.1 Å². The highest BCUT2D eigenvalue weighted by atomic mass is 32.2. The molecule has 4 rings (SSSR count). The van der Waals surface area contributed by atoms with Crippen LogP contribution in [0.1, 0.15) is 28.8 Å². The zero-order chi connectivity index (χ0) is 24.0. The van der Waals surface area contributed by atoms with E-state index in [9.17, 15) is 18.0 Å². The highest BCUT2D eigenvalue weighted by Crippen LogP contribution is 2.24. The maximum Gasteiger partial charge on any atom is 0.251 e. The molecular weight excluding hydrogens is 456 g/mol. The molecule has 2 aromatic carbocycles. The summed E-state index contributed by atoms with van der Waals surface area (Å²) < 4.78 is 30.8. The van der Waals surface area contributed by atoms with Gasteiger partial charge in [0.05, 0.1) is 24.7 Å². The number of nitrogens with one attached hydrogen (secondary N) is 2. The molecule has 182 valence electrons. The van der Waals surface area contributed by atoms with E-state index in [1.165, 1.54) is 4.31 Å². The summed E-state index contributed by atoms with van der Waals surface area (Å²) in [4.78, 5) is 27.1. The summed E-state index contributed by atoms with van der Waals surface area (Å²) in [5.74, 6) is -0.147. The summed E-state index contributed by atoms with van der Waals surface area (Å²) in [6, 6.07) is 14.0. The first-order valence-corrected chi connectivity index (χ1v) is 13.1. The zero-order valence-corrected chi connectivity index (χ0v) is 19.9. The molecule has 0 unspecified atom stereocenters. The second-order valence-corrected chi connectivity index (χ2v) is 10.4. The van der Waals surface area contributed by atoms with Crippen molar-refractivity contribution in [1.29, 1.82) is 0 Å². The topological polar surface area (TPSA) is 108 Å². The fraction of sp³-hybridized carbons (Fsp3) is 0.417. The Balaban J connectivity index is 1.26. The van der Waals surface area contributed by atoms with E-state index in [1.807, 2.05) is 24.3 Å². The van der Waals surface area contributed by atoms with Gasteiger partial charge in [0, 0.05) is 50.4 Å². The van der Waals surface area contributed by atoms with Gasteiger partial charge in [0.15, 0.2) is 0 Å². The highest BCUT2D eigenvalue weighted by Gasteiger charge is 2.28. The van der Waals surface area contributed by atoms with Crippen LogP contribution in [0.3, 0.4) is 0 Å². The molecule has 2 aromatic rings. The van der Waals surface area contributed by atoms with E-state index in [-0.39, 0.29) is 17.6 Å². The maximum atomic E-state index is 12.5. The van der Waals surface area contributed by atoms with Crippen molar-refractivity contribution in [1.82, 2.24) is 10.2 Å². The smallest absolute Gasteiger partial charge is 0.251 e. The molecule has 2 aliphatic rings. The summed E-state index contributed by atoms with van der Waals surface area (Å²) in [7, 11) is -3.25. The molecule has 2 fully saturated rings. The molecule has 9 nitrogen and oxygen atoms in total. The number of anilines is 2. The summed E-state index contributed by atoms with van der Waals surface area (Å²) in [5, 5.41) is 5.78. The predicted octanol–water partition coefficient (Wildman–Crippen LogP) is 1.82. The first kappa shape index (κ1) is 24.2. The highest BCUT2D eigenvalue weighted by molar-refractivity contribution is 7.93. The lowest BCUT2D eigenvalue weighted by Crippen LogP contribution is -2.38. The number of sulfonamides is 1. The lowest BCUT2D eigenvalue weighted by atomic mass is 10.1. The number of carbonyl (C=O) groups excluding carboxylic acids is 2. The van der Waals surface area contributed by atoms with Crippen LogP contribution in [0.15, 0.2) is 48.5 Å². The Kier molecular flexibility index (Phi) is 7.81. The van der Waals surface area contributed by atoms with Gasteiger partial charge in [-0.15, -0.1) is 0 Å². The van der Waals surface area contributed by atoms with Gasteiger partial charge in [0.1, 0.15) is 0 Å². The molecule has 0 aliphatic carbocycles. The van der Waals surface area contributed by atoms with E-state index in [0.29, 0.717) is 62.6 Å². The quantitative estimate of drug-likeness (QED) is 0.589. The van der Waals surface area contributed by atoms with Crippen molar-refractivity contribution in [3.05, 3.63) is 59.7 Å². The Bertz CT molecular complexity index is 1110. The first-order valence-electron chi connectivity index (χ1n) is 11.5. The normalized spacial score (nSPS) is 17.9. The van der Waals surface area contributed by atoms with Gasteiger partial charge in [0.25, 0.3) is 5.91 Å². The van der Waals surface area contributed by atoms with Gasteiger partial charge in [0.2, 0.25) is 15.9 Å². The number of carbonyl (C=O) groups is 2. The van der Waals surface area contributed by atoms with Gasteiger partial charge in [-0.3, -0.25) is 18.8 Å². The molecule has 0 aromatic heterocycles. The van der Waals surface area contributed by atoms with Gasteiger partial charge >= 0.3 is 0 Å². The van der Waals surface area contributed by atoms with Crippen LogP contribution in [0, 0.1) is 0 Å². The standard InChI is InChI=1S/C24H30N4O5S/c29-23(9-11-27-12-14-33-15-13-27)26-21-4-1-3-19(17-21)18-25-24(30)20-5-7-22(8-6-20)28-10-2-16-34(28,31)32/h1,3-8,17H,2,9-16,18H2,(H,25,30)(H,26,29). The third-order valence-corrected chi connectivity index (χ3v) is 7.81. The SMILES string of the molecule is O=C(CCN1CCOCC1)Nc1cccc(CNC(=O)c2ccc(N3CCCS3(=O)=O)cc2)c1. The van der Waals surface area contributed by atoms with Crippen LogP contribution < -0.4 is 14.9 Å². The average Bonchev–Trinajstić information content (AvgIpc) is 3.21. The van der Waals surface area contributed by atoms with Gasteiger partial charge in [-0.2, -0.15) is 0 Å². The number of morpholine rings is 1. The Morgan fingerprint density at radius 3 is 2.47 bits per heavy atom. The third kappa shape index (κ3) is 6.34. The fourth-order valence-corrected chi connectivity index (χ4v) is 5.62. The average molecular weight is 487 g/mol. The number of benzene rings is 2. The van der Waals surface area contributed by atoms with Crippen molar-refractivity contribution in [2.45, 2.75) is 19.4 Å². The fourth-order valence-electron chi connectivity index (χ4n) is 4.06. The van der Waals surface area contributed by atoms with E-state index >= 15 is 0 Å². The Morgan fingerprint density at radius 1 is 1.00 bits per heavy atom. The summed E-state index contributed by atoms with van der Waals surface area (Å²) in [5.41, 5.74) is 2.58. The number of amides is 2. The van der Waals surface area contributed by atoms with E-state index in [0.717, 1.165) is 18.7 Å². The first-order chi connectivity index (χ1) is 16.4. The molecule has 0 radical (unpaired) electrons. The van der Waals surface area contributed by atoms with Crippen LogP contribution in [0.4, 0.5) is 11.4 Å². The molecule has 34 heavy (non-hydrogen) atoms. The van der Waals surface area contributed by atoms with Crippen molar-refractivity contribution in [3.8, 4) is 0 Å². The molecule has 2 aliphatic heterocycles. The number of ether oxygens (including phenoxy) is 1. The number of hydrogen-bond acceptors (Lipinski definition) is 6. The summed E-state index contributed by atoms with van der Waals surface area (Å²) in [6.07, 6.45) is 1.02. The second kappa shape index (κ2) is 11.0. The molecule has 0 bridgehead atoms. The van der Waals surface area contributed by atoms with Crippen LogP contribution in [0.25, 0.3) is 0 Å². The van der Waals surface area contributed by atoms with E-state index in [1.54, 1.807) is 24.3 Å². The Hall–Kier alpha value is -2.95. The zero-order valence-electron chi connectivity index (χ0n) is 19.0. The minimum Gasteiger partial charge on any atom is -0.379 e. The van der Waals surface area contributed by atoms with E-state index in [2.05, 4.69) is 15.5 Å².